The Morgan fingerprint density at radius 2 is 1.78 bits per heavy atom. The highest BCUT2D eigenvalue weighted by Gasteiger charge is 2.43. The Balaban J connectivity index is 2.33. The number of fused-ring (bicyclic) bond motifs is 1. The lowest BCUT2D eigenvalue weighted by Gasteiger charge is -2.42. The molecule has 0 bridgehead atoms. The zero-order valence-electron chi connectivity index (χ0n) is 18.7. The van der Waals surface area contributed by atoms with E-state index in [1.807, 2.05) is 0 Å². The number of carbonyl (C=O) groups excluding carboxylic acids is 1. The van der Waals surface area contributed by atoms with Crippen molar-refractivity contribution in [2.24, 2.45) is 11.3 Å². The number of allylic oxidation sites excluding steroid dienone is 6. The van der Waals surface area contributed by atoms with Crippen LogP contribution in [0.5, 0.6) is 0 Å². The molecule has 2 atom stereocenters. The van der Waals surface area contributed by atoms with E-state index in [4.69, 9.17) is 4.43 Å². The molecule has 0 unspecified atom stereocenters. The third-order valence-corrected chi connectivity index (χ3v) is 11.5. The van der Waals surface area contributed by atoms with E-state index in [1.54, 1.807) is 0 Å². The number of hydrogen-bond acceptors (Lipinski definition) is 2. The third kappa shape index (κ3) is 5.46. The summed E-state index contributed by atoms with van der Waals surface area (Å²) in [4.78, 5) is 12.3. The minimum absolute atomic E-state index is 0.195. The summed E-state index contributed by atoms with van der Waals surface area (Å²) >= 11 is 0. The molecule has 0 aromatic heterocycles. The van der Waals surface area contributed by atoms with Crippen LogP contribution in [-0.4, -0.2) is 14.6 Å². The van der Waals surface area contributed by atoms with E-state index in [-0.39, 0.29) is 16.4 Å². The zero-order chi connectivity index (χ0) is 20.3. The van der Waals surface area contributed by atoms with Crippen molar-refractivity contribution in [3.05, 3.63) is 35.1 Å². The van der Waals surface area contributed by atoms with Crippen LogP contribution in [0.15, 0.2) is 35.1 Å². The summed E-state index contributed by atoms with van der Waals surface area (Å²) in [5.74, 6) is 1.41. The van der Waals surface area contributed by atoms with Crippen molar-refractivity contribution >= 4 is 14.6 Å². The minimum Gasteiger partial charge on any atom is -0.547 e. The second-order valence-electron chi connectivity index (χ2n) is 10.3. The van der Waals surface area contributed by atoms with Gasteiger partial charge in [0.25, 0.3) is 0 Å². The molecule has 2 rings (SSSR count). The van der Waals surface area contributed by atoms with Crippen LogP contribution < -0.4 is 0 Å². The Morgan fingerprint density at radius 1 is 1.11 bits per heavy atom. The van der Waals surface area contributed by atoms with Crippen molar-refractivity contribution in [1.82, 2.24) is 0 Å². The summed E-state index contributed by atoms with van der Waals surface area (Å²) < 4.78 is 6.64. The number of carbonyl (C=O) groups is 1. The van der Waals surface area contributed by atoms with Crippen molar-refractivity contribution in [2.45, 2.75) is 97.7 Å². The van der Waals surface area contributed by atoms with Crippen LogP contribution in [0.1, 0.15) is 79.6 Å². The topological polar surface area (TPSA) is 26.3 Å². The number of hydrogen-bond donors (Lipinski definition) is 0. The van der Waals surface area contributed by atoms with Crippen LogP contribution in [0.2, 0.25) is 18.1 Å². The Hall–Kier alpha value is -1.09. The Kier molecular flexibility index (Phi) is 6.99. The molecule has 0 fully saturated rings. The van der Waals surface area contributed by atoms with Gasteiger partial charge in [-0.1, -0.05) is 44.1 Å². The first-order valence-electron chi connectivity index (χ1n) is 10.7. The molecule has 0 saturated carbocycles. The summed E-state index contributed by atoms with van der Waals surface area (Å²) in [6, 6.07) is 0. The Labute approximate surface area is 168 Å². The van der Waals surface area contributed by atoms with Gasteiger partial charge in [0.1, 0.15) is 6.29 Å². The van der Waals surface area contributed by atoms with Gasteiger partial charge < -0.3 is 9.22 Å². The third-order valence-electron chi connectivity index (χ3n) is 7.10. The second-order valence-corrected chi connectivity index (χ2v) is 15.1. The maximum atomic E-state index is 12.3. The first-order valence-corrected chi connectivity index (χ1v) is 13.6. The van der Waals surface area contributed by atoms with Gasteiger partial charge in [0.15, 0.2) is 0 Å². The van der Waals surface area contributed by atoms with Crippen LogP contribution in [0.25, 0.3) is 0 Å². The van der Waals surface area contributed by atoms with Gasteiger partial charge >= 0.3 is 0 Å². The smallest absolute Gasteiger partial charge is 0.250 e. The molecule has 3 heteroatoms. The molecule has 0 aromatic rings. The molecule has 2 nitrogen and oxygen atoms in total. The highest BCUT2D eigenvalue weighted by atomic mass is 28.4. The molecule has 2 aliphatic carbocycles. The predicted molar refractivity (Wildman–Crippen MR) is 118 cm³/mol. The van der Waals surface area contributed by atoms with Crippen LogP contribution >= 0.6 is 0 Å². The van der Waals surface area contributed by atoms with Gasteiger partial charge in [0, 0.05) is 11.8 Å². The summed E-state index contributed by atoms with van der Waals surface area (Å²) in [6.45, 7) is 15.9. The highest BCUT2D eigenvalue weighted by molar-refractivity contribution is 6.74. The molecule has 0 heterocycles. The first-order chi connectivity index (χ1) is 12.5. The van der Waals surface area contributed by atoms with E-state index < -0.39 is 8.32 Å². The van der Waals surface area contributed by atoms with E-state index >= 15 is 0 Å². The summed E-state index contributed by atoms with van der Waals surface area (Å²) in [5, 5.41) is 0.195. The molecule has 0 radical (unpaired) electrons. The van der Waals surface area contributed by atoms with Crippen LogP contribution in [0.3, 0.4) is 0 Å². The van der Waals surface area contributed by atoms with E-state index in [2.05, 4.69) is 65.9 Å². The molecule has 0 aromatic carbocycles. The van der Waals surface area contributed by atoms with Gasteiger partial charge in [-0.05, 0) is 82.5 Å². The van der Waals surface area contributed by atoms with Gasteiger partial charge in [-0.2, -0.15) is 0 Å². The minimum atomic E-state index is -1.84. The van der Waals surface area contributed by atoms with Crippen molar-refractivity contribution < 1.29 is 9.22 Å². The SMILES string of the molecule is C/C1=C/CC/C(C)=C/C[C@]2(C=O)CCC(O[Si](C)(C)C(C)(C)C)=C[C@H]2CC1. The predicted octanol–water partition coefficient (Wildman–Crippen LogP) is 7.34. The van der Waals surface area contributed by atoms with Crippen molar-refractivity contribution in [2.75, 3.05) is 0 Å². The van der Waals surface area contributed by atoms with Crippen molar-refractivity contribution in [3.8, 4) is 0 Å². The van der Waals surface area contributed by atoms with Gasteiger partial charge in [-0.25, -0.2) is 0 Å². The molecule has 0 spiro atoms. The van der Waals surface area contributed by atoms with Crippen molar-refractivity contribution in [1.29, 1.82) is 0 Å². The van der Waals surface area contributed by atoms with Gasteiger partial charge in [0.2, 0.25) is 8.32 Å². The Morgan fingerprint density at radius 3 is 2.41 bits per heavy atom. The maximum Gasteiger partial charge on any atom is 0.250 e. The van der Waals surface area contributed by atoms with Crippen LogP contribution in [-0.2, 0) is 9.22 Å². The van der Waals surface area contributed by atoms with E-state index in [1.165, 1.54) is 17.4 Å². The number of rotatable bonds is 3. The molecule has 0 amide bonds. The monoisotopic (exact) mass is 388 g/mol. The average molecular weight is 389 g/mol. The summed E-state index contributed by atoms with van der Waals surface area (Å²) in [7, 11) is -1.84. The average Bonchev–Trinajstić information content (AvgIpc) is 2.60. The first kappa shape index (κ1) is 22.2. The molecule has 0 saturated heterocycles. The lowest BCUT2D eigenvalue weighted by Crippen LogP contribution is -2.42. The highest BCUT2D eigenvalue weighted by Crippen LogP contribution is 2.47. The van der Waals surface area contributed by atoms with E-state index in [0.717, 1.165) is 50.7 Å². The van der Waals surface area contributed by atoms with Crippen molar-refractivity contribution in [3.63, 3.8) is 0 Å². The lowest BCUT2D eigenvalue weighted by atomic mass is 9.66. The lowest BCUT2D eigenvalue weighted by molar-refractivity contribution is -0.119. The molecule has 0 N–H and O–H groups in total. The van der Waals surface area contributed by atoms with Gasteiger partial charge in [-0.3, -0.25) is 0 Å². The zero-order valence-corrected chi connectivity index (χ0v) is 19.7. The van der Waals surface area contributed by atoms with Gasteiger partial charge in [-0.15, -0.1) is 0 Å². The second kappa shape index (κ2) is 8.51. The molecule has 27 heavy (non-hydrogen) atoms. The van der Waals surface area contributed by atoms with Gasteiger partial charge in [0.05, 0.1) is 5.76 Å². The fourth-order valence-electron chi connectivity index (χ4n) is 3.90. The summed E-state index contributed by atoms with van der Waals surface area (Å²) in [5.41, 5.74) is 2.61. The fourth-order valence-corrected chi connectivity index (χ4v) is 5.03. The molecular weight excluding hydrogens is 348 g/mol. The van der Waals surface area contributed by atoms with Crippen LogP contribution in [0, 0.1) is 11.3 Å². The molecule has 2 aliphatic rings. The standard InChI is InChI=1S/C24H40O2Si/c1-19-9-8-10-20(2)13-15-24(18-25)16-14-22(17-21(24)12-11-19)26-27(6,7)23(3,4)5/h9,13,17-18,21H,8,10-12,14-16H2,1-7H3/b19-9-,20-13+/t21-,24-/m1/s1. The quantitative estimate of drug-likeness (QED) is 0.287. The summed E-state index contributed by atoms with van der Waals surface area (Å²) in [6.07, 6.45) is 15.3. The largest absolute Gasteiger partial charge is 0.547 e. The fraction of sp³-hybridized carbons (Fsp3) is 0.708. The normalized spacial score (nSPS) is 32.0. The van der Waals surface area contributed by atoms with E-state index in [0.29, 0.717) is 0 Å². The van der Waals surface area contributed by atoms with Crippen LogP contribution in [0.4, 0.5) is 0 Å². The van der Waals surface area contributed by atoms with E-state index in [9.17, 15) is 4.79 Å². The maximum absolute atomic E-state index is 12.3. The number of aldehydes is 1. The molecule has 152 valence electrons. The molecular formula is C24H40O2Si. The molecule has 0 aliphatic heterocycles. The Bertz CT molecular complexity index is 633.